The summed E-state index contributed by atoms with van der Waals surface area (Å²) in [6.07, 6.45) is 1.00. The van der Waals surface area contributed by atoms with Gasteiger partial charge in [-0.2, -0.15) is 0 Å². The molecule has 0 aromatic carbocycles. The second kappa shape index (κ2) is 4.90. The van der Waals surface area contributed by atoms with Crippen molar-refractivity contribution in [2.75, 3.05) is 6.61 Å². The van der Waals surface area contributed by atoms with Crippen LogP contribution in [-0.4, -0.2) is 17.5 Å². The van der Waals surface area contributed by atoms with Gasteiger partial charge in [-0.25, -0.2) is 0 Å². The Balaban J connectivity index is 2.72. The Morgan fingerprint density at radius 1 is 1.40 bits per heavy atom. The first-order chi connectivity index (χ1) is 6.95. The van der Waals surface area contributed by atoms with Crippen LogP contribution in [0.1, 0.15) is 48.2 Å². The number of carbonyl (C=O) groups excluding carboxylic acids is 1. The highest BCUT2D eigenvalue weighted by Gasteiger charge is 2.18. The number of rotatable bonds is 4. The molecule has 0 atom stereocenters. The first-order valence-corrected chi connectivity index (χ1v) is 6.01. The van der Waals surface area contributed by atoms with Crippen molar-refractivity contribution in [2.24, 2.45) is 0 Å². The Hall–Kier alpha value is -0.670. The predicted molar refractivity (Wildman–Crippen MR) is 63.7 cm³/mol. The molecule has 1 heterocycles. The van der Waals surface area contributed by atoms with Crippen LogP contribution in [0.3, 0.4) is 0 Å². The average Bonchev–Trinajstić information content (AvgIpc) is 2.62. The summed E-state index contributed by atoms with van der Waals surface area (Å²) in [5.74, 6) is 0.143. The molecule has 0 saturated carbocycles. The van der Waals surface area contributed by atoms with E-state index in [2.05, 4.69) is 20.8 Å². The van der Waals surface area contributed by atoms with E-state index >= 15 is 0 Å². The minimum Gasteiger partial charge on any atom is -0.396 e. The summed E-state index contributed by atoms with van der Waals surface area (Å²) >= 11 is 1.57. The van der Waals surface area contributed by atoms with Gasteiger partial charge in [0.05, 0.1) is 4.88 Å². The van der Waals surface area contributed by atoms with Crippen molar-refractivity contribution in [1.82, 2.24) is 0 Å². The van der Waals surface area contributed by atoms with E-state index in [1.807, 2.05) is 12.1 Å². The number of ketones is 1. The number of carbonyl (C=O) groups is 1. The SMILES string of the molecule is CC(C)(C)c1ccc(C(=O)CCCO)s1. The van der Waals surface area contributed by atoms with Crippen LogP contribution in [0.4, 0.5) is 0 Å². The fourth-order valence-electron chi connectivity index (χ4n) is 1.25. The van der Waals surface area contributed by atoms with Crippen molar-refractivity contribution in [2.45, 2.75) is 39.0 Å². The number of aliphatic hydroxyl groups is 1. The van der Waals surface area contributed by atoms with Crippen molar-refractivity contribution >= 4 is 17.1 Å². The molecule has 0 spiro atoms. The average molecular weight is 226 g/mol. The molecule has 2 nitrogen and oxygen atoms in total. The van der Waals surface area contributed by atoms with Gasteiger partial charge in [0.1, 0.15) is 0 Å². The van der Waals surface area contributed by atoms with Gasteiger partial charge in [-0.3, -0.25) is 4.79 Å². The molecule has 0 aliphatic carbocycles. The summed E-state index contributed by atoms with van der Waals surface area (Å²) in [6, 6.07) is 3.92. The molecule has 15 heavy (non-hydrogen) atoms. The Labute approximate surface area is 94.9 Å². The number of thiophene rings is 1. The highest BCUT2D eigenvalue weighted by molar-refractivity contribution is 7.14. The summed E-state index contributed by atoms with van der Waals surface area (Å²) in [6.45, 7) is 6.51. The molecule has 84 valence electrons. The van der Waals surface area contributed by atoms with Gasteiger partial charge in [0.2, 0.25) is 0 Å². The van der Waals surface area contributed by atoms with Crippen LogP contribution in [-0.2, 0) is 5.41 Å². The monoisotopic (exact) mass is 226 g/mol. The molecular formula is C12H18O2S. The van der Waals surface area contributed by atoms with Crippen LogP contribution >= 0.6 is 11.3 Å². The zero-order valence-corrected chi connectivity index (χ0v) is 10.4. The topological polar surface area (TPSA) is 37.3 Å². The van der Waals surface area contributed by atoms with E-state index < -0.39 is 0 Å². The van der Waals surface area contributed by atoms with E-state index in [0.717, 1.165) is 4.88 Å². The molecule has 0 radical (unpaired) electrons. The predicted octanol–water partition coefficient (Wildman–Crippen LogP) is 3.00. The van der Waals surface area contributed by atoms with E-state index in [0.29, 0.717) is 12.8 Å². The number of hydrogen-bond acceptors (Lipinski definition) is 3. The van der Waals surface area contributed by atoms with Crippen molar-refractivity contribution in [3.8, 4) is 0 Å². The Morgan fingerprint density at radius 3 is 2.53 bits per heavy atom. The van der Waals surface area contributed by atoms with Gasteiger partial charge in [-0.05, 0) is 24.0 Å². The number of hydrogen-bond donors (Lipinski definition) is 1. The number of aliphatic hydroxyl groups excluding tert-OH is 1. The number of Topliss-reactive ketones (excluding diaryl/α,β-unsaturated/α-hetero) is 1. The van der Waals surface area contributed by atoms with Crippen molar-refractivity contribution in [3.63, 3.8) is 0 Å². The van der Waals surface area contributed by atoms with E-state index in [4.69, 9.17) is 5.11 Å². The lowest BCUT2D eigenvalue weighted by Gasteiger charge is -2.15. The van der Waals surface area contributed by atoms with Crippen molar-refractivity contribution in [1.29, 1.82) is 0 Å². The molecule has 0 bridgehead atoms. The highest BCUT2D eigenvalue weighted by atomic mass is 32.1. The minimum atomic E-state index is 0.0866. The molecule has 1 aromatic heterocycles. The van der Waals surface area contributed by atoms with Gasteiger partial charge in [0, 0.05) is 17.9 Å². The fraction of sp³-hybridized carbons (Fsp3) is 0.583. The molecule has 0 saturated heterocycles. The minimum absolute atomic E-state index is 0.0866. The van der Waals surface area contributed by atoms with Gasteiger partial charge in [-0.15, -0.1) is 11.3 Å². The van der Waals surface area contributed by atoms with E-state index in [1.165, 1.54) is 4.88 Å². The maximum Gasteiger partial charge on any atom is 0.172 e. The van der Waals surface area contributed by atoms with E-state index in [9.17, 15) is 4.79 Å². The third-order valence-electron chi connectivity index (χ3n) is 2.18. The maximum atomic E-state index is 11.6. The van der Waals surface area contributed by atoms with Crippen molar-refractivity contribution in [3.05, 3.63) is 21.9 Å². The van der Waals surface area contributed by atoms with Gasteiger partial charge in [-0.1, -0.05) is 20.8 Å². The smallest absolute Gasteiger partial charge is 0.172 e. The summed E-state index contributed by atoms with van der Waals surface area (Å²) in [5, 5.41) is 8.65. The molecule has 1 aromatic rings. The fourth-order valence-corrected chi connectivity index (χ4v) is 2.28. The maximum absolute atomic E-state index is 11.6. The van der Waals surface area contributed by atoms with Gasteiger partial charge in [0.15, 0.2) is 5.78 Å². The molecule has 3 heteroatoms. The summed E-state index contributed by atoms with van der Waals surface area (Å²) in [4.78, 5) is 13.7. The second-order valence-electron chi connectivity index (χ2n) is 4.66. The normalized spacial score (nSPS) is 11.7. The molecular weight excluding hydrogens is 208 g/mol. The lowest BCUT2D eigenvalue weighted by atomic mass is 9.95. The zero-order chi connectivity index (χ0) is 11.5. The van der Waals surface area contributed by atoms with Crippen LogP contribution in [0.2, 0.25) is 0 Å². The summed E-state index contributed by atoms with van der Waals surface area (Å²) in [5.41, 5.74) is 0.111. The Kier molecular flexibility index (Phi) is 4.05. The Morgan fingerprint density at radius 2 is 2.07 bits per heavy atom. The van der Waals surface area contributed by atoms with Crippen LogP contribution in [0.25, 0.3) is 0 Å². The largest absolute Gasteiger partial charge is 0.396 e. The van der Waals surface area contributed by atoms with Crippen LogP contribution < -0.4 is 0 Å². The summed E-state index contributed by atoms with van der Waals surface area (Å²) in [7, 11) is 0. The highest BCUT2D eigenvalue weighted by Crippen LogP contribution is 2.30. The molecule has 0 aliphatic rings. The first-order valence-electron chi connectivity index (χ1n) is 5.19. The molecule has 1 rings (SSSR count). The third kappa shape index (κ3) is 3.43. The standard InChI is InChI=1S/C12H18O2S/c1-12(2,3)11-7-6-10(15-11)9(14)5-4-8-13/h6-7,13H,4-5,8H2,1-3H3. The first kappa shape index (κ1) is 12.4. The summed E-state index contributed by atoms with van der Waals surface area (Å²) < 4.78 is 0. The van der Waals surface area contributed by atoms with Gasteiger partial charge < -0.3 is 5.11 Å². The van der Waals surface area contributed by atoms with E-state index in [1.54, 1.807) is 11.3 Å². The lowest BCUT2D eigenvalue weighted by molar-refractivity contribution is 0.0975. The Bertz CT molecular complexity index is 334. The van der Waals surface area contributed by atoms with Gasteiger partial charge >= 0.3 is 0 Å². The molecule has 0 unspecified atom stereocenters. The lowest BCUT2D eigenvalue weighted by Crippen LogP contribution is -2.07. The van der Waals surface area contributed by atoms with Crippen LogP contribution in [0.15, 0.2) is 12.1 Å². The van der Waals surface area contributed by atoms with Crippen LogP contribution in [0, 0.1) is 0 Å². The quantitative estimate of drug-likeness (QED) is 0.801. The third-order valence-corrected chi connectivity index (χ3v) is 3.73. The molecule has 0 fully saturated rings. The second-order valence-corrected chi connectivity index (χ2v) is 5.75. The molecule has 0 aliphatic heterocycles. The zero-order valence-electron chi connectivity index (χ0n) is 9.54. The van der Waals surface area contributed by atoms with Crippen molar-refractivity contribution < 1.29 is 9.90 Å². The van der Waals surface area contributed by atoms with E-state index in [-0.39, 0.29) is 17.8 Å². The van der Waals surface area contributed by atoms with Gasteiger partial charge in [0.25, 0.3) is 0 Å². The molecule has 1 N–H and O–H groups in total. The van der Waals surface area contributed by atoms with Crippen LogP contribution in [0.5, 0.6) is 0 Å². The molecule has 0 amide bonds.